The zero-order valence-corrected chi connectivity index (χ0v) is 9.94. The number of sulfone groups is 1. The second-order valence-corrected chi connectivity index (χ2v) is 5.63. The summed E-state index contributed by atoms with van der Waals surface area (Å²) in [5.74, 6) is -0.490. The summed E-state index contributed by atoms with van der Waals surface area (Å²) in [6, 6.07) is 4.60. The molecule has 0 atom stereocenters. The van der Waals surface area contributed by atoms with Crippen LogP contribution in [-0.2, 0) is 14.6 Å². The average molecular weight is 257 g/mol. The molecule has 7 heteroatoms. The molecule has 6 nitrogen and oxygen atoms in total. The van der Waals surface area contributed by atoms with Crippen molar-refractivity contribution >= 4 is 21.3 Å². The fourth-order valence-corrected chi connectivity index (χ4v) is 2.51. The lowest BCUT2D eigenvalue weighted by atomic mass is 10.3. The third-order valence-electron chi connectivity index (χ3n) is 2.13. The van der Waals surface area contributed by atoms with Crippen molar-refractivity contribution in [3.63, 3.8) is 0 Å². The molecule has 17 heavy (non-hydrogen) atoms. The third-order valence-corrected chi connectivity index (χ3v) is 3.86. The Kier molecular flexibility index (Phi) is 3.95. The monoisotopic (exact) mass is 257 g/mol. The Morgan fingerprint density at radius 1 is 1.29 bits per heavy atom. The normalized spacial score (nSPS) is 11.1. The van der Waals surface area contributed by atoms with Crippen molar-refractivity contribution in [1.82, 2.24) is 0 Å². The number of ketones is 1. The van der Waals surface area contributed by atoms with E-state index in [4.69, 9.17) is 0 Å². The molecule has 1 aromatic carbocycles. The number of rotatable bonds is 5. The van der Waals surface area contributed by atoms with Crippen molar-refractivity contribution in [3.05, 3.63) is 34.4 Å². The Hall–Kier alpha value is -1.76. The standard InChI is InChI=1S/C10H11NO5S/c1-8(12)6-7-17(15,16)10-4-2-9(3-5-10)11(13)14/h2-5H,6-7H2,1H3. The number of nitro benzene ring substituents is 1. The Morgan fingerprint density at radius 2 is 1.82 bits per heavy atom. The highest BCUT2D eigenvalue weighted by Crippen LogP contribution is 2.17. The van der Waals surface area contributed by atoms with Crippen molar-refractivity contribution in [3.8, 4) is 0 Å². The van der Waals surface area contributed by atoms with Crippen LogP contribution in [0, 0.1) is 10.1 Å². The quantitative estimate of drug-likeness (QED) is 0.586. The number of Topliss-reactive ketones (excluding diaryl/α,β-unsaturated/α-hetero) is 1. The predicted molar refractivity (Wildman–Crippen MR) is 60.4 cm³/mol. The van der Waals surface area contributed by atoms with Gasteiger partial charge >= 0.3 is 0 Å². The van der Waals surface area contributed by atoms with E-state index in [1.54, 1.807) is 0 Å². The van der Waals surface area contributed by atoms with E-state index in [0.29, 0.717) is 0 Å². The molecule has 92 valence electrons. The highest BCUT2D eigenvalue weighted by Gasteiger charge is 2.16. The molecule has 0 radical (unpaired) electrons. The van der Waals surface area contributed by atoms with Gasteiger partial charge in [0.15, 0.2) is 9.84 Å². The maximum Gasteiger partial charge on any atom is 0.269 e. The predicted octanol–water partition coefficient (Wildman–Crippen LogP) is 1.35. The van der Waals surface area contributed by atoms with Crippen LogP contribution in [0.4, 0.5) is 5.69 Å². The maximum absolute atomic E-state index is 11.7. The topological polar surface area (TPSA) is 94.3 Å². The van der Waals surface area contributed by atoms with Crippen LogP contribution in [0.5, 0.6) is 0 Å². The summed E-state index contributed by atoms with van der Waals surface area (Å²) in [7, 11) is -3.54. The summed E-state index contributed by atoms with van der Waals surface area (Å²) in [4.78, 5) is 20.5. The minimum Gasteiger partial charge on any atom is -0.300 e. The van der Waals surface area contributed by atoms with E-state index in [9.17, 15) is 23.3 Å². The summed E-state index contributed by atoms with van der Waals surface area (Å²) in [5, 5.41) is 10.4. The van der Waals surface area contributed by atoms with Gasteiger partial charge in [0.05, 0.1) is 15.6 Å². The highest BCUT2D eigenvalue weighted by atomic mass is 32.2. The Morgan fingerprint density at radius 3 is 2.24 bits per heavy atom. The third kappa shape index (κ3) is 3.63. The van der Waals surface area contributed by atoms with Gasteiger partial charge in [-0.3, -0.25) is 14.9 Å². The molecule has 0 fully saturated rings. The SMILES string of the molecule is CC(=O)CCS(=O)(=O)c1ccc([N+](=O)[O-])cc1. The molecule has 0 spiro atoms. The zero-order chi connectivity index (χ0) is 13.1. The van der Waals surface area contributed by atoms with E-state index in [-0.39, 0.29) is 28.5 Å². The van der Waals surface area contributed by atoms with Crippen molar-refractivity contribution in [2.45, 2.75) is 18.2 Å². The largest absolute Gasteiger partial charge is 0.300 e. The molecule has 0 amide bonds. The molecule has 0 aliphatic heterocycles. The van der Waals surface area contributed by atoms with Crippen molar-refractivity contribution in [2.75, 3.05) is 5.75 Å². The molecule has 1 aromatic rings. The lowest BCUT2D eigenvalue weighted by Crippen LogP contribution is -2.09. The summed E-state index contributed by atoms with van der Waals surface area (Å²) in [6.07, 6.45) is -0.0562. The van der Waals surface area contributed by atoms with Gasteiger partial charge in [0.25, 0.3) is 5.69 Å². The van der Waals surface area contributed by atoms with Crippen molar-refractivity contribution < 1.29 is 18.1 Å². The lowest BCUT2D eigenvalue weighted by Gasteiger charge is -2.02. The van der Waals surface area contributed by atoms with Gasteiger partial charge in [0.2, 0.25) is 0 Å². The fourth-order valence-electron chi connectivity index (χ4n) is 1.17. The van der Waals surface area contributed by atoms with Crippen molar-refractivity contribution in [1.29, 1.82) is 0 Å². The number of benzene rings is 1. The smallest absolute Gasteiger partial charge is 0.269 e. The van der Waals surface area contributed by atoms with E-state index in [2.05, 4.69) is 0 Å². The van der Waals surface area contributed by atoms with Gasteiger partial charge in [-0.1, -0.05) is 0 Å². The van der Waals surface area contributed by atoms with Crippen LogP contribution in [0.3, 0.4) is 0 Å². The number of nitrogens with zero attached hydrogens (tertiary/aromatic N) is 1. The van der Waals surface area contributed by atoms with Crippen LogP contribution in [0.2, 0.25) is 0 Å². The molecule has 0 saturated heterocycles. The fraction of sp³-hybridized carbons (Fsp3) is 0.300. The minimum atomic E-state index is -3.54. The summed E-state index contributed by atoms with van der Waals surface area (Å²) in [6.45, 7) is 1.31. The van der Waals surface area contributed by atoms with Crippen LogP contribution in [-0.4, -0.2) is 24.9 Å². The van der Waals surface area contributed by atoms with Crippen LogP contribution >= 0.6 is 0 Å². The zero-order valence-electron chi connectivity index (χ0n) is 9.12. The average Bonchev–Trinajstić information content (AvgIpc) is 2.27. The summed E-state index contributed by atoms with van der Waals surface area (Å²) >= 11 is 0. The van der Waals surface area contributed by atoms with Gasteiger partial charge < -0.3 is 0 Å². The molecule has 0 aliphatic carbocycles. The van der Waals surface area contributed by atoms with Crippen LogP contribution in [0.25, 0.3) is 0 Å². The Labute approximate surface area is 98.3 Å². The number of non-ortho nitro benzene ring substituents is 1. The summed E-state index contributed by atoms with van der Waals surface area (Å²) in [5.41, 5.74) is -0.171. The van der Waals surface area contributed by atoms with Gasteiger partial charge in [-0.05, 0) is 19.1 Å². The highest BCUT2D eigenvalue weighted by molar-refractivity contribution is 7.91. The maximum atomic E-state index is 11.7. The Bertz CT molecular complexity index is 532. The van der Waals surface area contributed by atoms with Crippen LogP contribution in [0.15, 0.2) is 29.2 Å². The molecule has 1 rings (SSSR count). The summed E-state index contributed by atoms with van der Waals surface area (Å²) < 4.78 is 23.4. The number of carbonyl (C=O) groups is 1. The molecule has 0 aliphatic rings. The van der Waals surface area contributed by atoms with Gasteiger partial charge in [0, 0.05) is 18.6 Å². The first-order chi connectivity index (χ1) is 7.83. The molecular weight excluding hydrogens is 246 g/mol. The first kappa shape index (κ1) is 13.3. The molecule has 0 bridgehead atoms. The second-order valence-electron chi connectivity index (χ2n) is 3.52. The van der Waals surface area contributed by atoms with Crippen LogP contribution < -0.4 is 0 Å². The molecule has 0 unspecified atom stereocenters. The minimum absolute atomic E-state index is 0.00986. The van der Waals surface area contributed by atoms with Gasteiger partial charge in [-0.2, -0.15) is 0 Å². The molecule has 0 N–H and O–H groups in total. The first-order valence-corrected chi connectivity index (χ1v) is 6.45. The van der Waals surface area contributed by atoms with E-state index >= 15 is 0 Å². The molecular formula is C10H11NO5S. The van der Waals surface area contributed by atoms with Crippen LogP contribution in [0.1, 0.15) is 13.3 Å². The molecule has 0 saturated carbocycles. The van der Waals surface area contributed by atoms with E-state index < -0.39 is 14.8 Å². The van der Waals surface area contributed by atoms with E-state index in [1.165, 1.54) is 19.1 Å². The first-order valence-electron chi connectivity index (χ1n) is 4.79. The van der Waals surface area contributed by atoms with Gasteiger partial charge in [-0.15, -0.1) is 0 Å². The van der Waals surface area contributed by atoms with Crippen molar-refractivity contribution in [2.24, 2.45) is 0 Å². The number of carbonyl (C=O) groups excluding carboxylic acids is 1. The molecule has 0 heterocycles. The van der Waals surface area contributed by atoms with Gasteiger partial charge in [-0.25, -0.2) is 8.42 Å². The second kappa shape index (κ2) is 5.05. The number of hydrogen-bond donors (Lipinski definition) is 0. The number of nitro groups is 1. The lowest BCUT2D eigenvalue weighted by molar-refractivity contribution is -0.384. The Balaban J connectivity index is 2.92. The molecule has 0 aromatic heterocycles. The van der Waals surface area contributed by atoms with E-state index in [1.807, 2.05) is 0 Å². The van der Waals surface area contributed by atoms with Gasteiger partial charge in [0.1, 0.15) is 5.78 Å². The number of hydrogen-bond acceptors (Lipinski definition) is 5. The van der Waals surface area contributed by atoms with E-state index in [0.717, 1.165) is 12.1 Å².